The highest BCUT2D eigenvalue weighted by molar-refractivity contribution is 7.89. The third-order valence-electron chi connectivity index (χ3n) is 2.64. The van der Waals surface area contributed by atoms with E-state index < -0.39 is 10.0 Å². The molecule has 6 heteroatoms. The molecule has 0 saturated carbocycles. The van der Waals surface area contributed by atoms with Crippen molar-refractivity contribution in [1.82, 2.24) is 4.72 Å². The van der Waals surface area contributed by atoms with Crippen LogP contribution in [0.4, 0.5) is 5.69 Å². The Labute approximate surface area is 115 Å². The Morgan fingerprint density at radius 3 is 2.37 bits per heavy atom. The average Bonchev–Trinajstić information content (AvgIpc) is 2.37. The predicted octanol–water partition coefficient (Wildman–Crippen LogP) is 1.52. The van der Waals surface area contributed by atoms with Gasteiger partial charge in [0.1, 0.15) is 0 Å². The van der Waals surface area contributed by atoms with Gasteiger partial charge in [0.2, 0.25) is 10.0 Å². The monoisotopic (exact) mass is 285 g/mol. The first-order valence-electron chi connectivity index (χ1n) is 6.55. The van der Waals surface area contributed by atoms with Crippen molar-refractivity contribution in [2.45, 2.75) is 37.6 Å². The molecule has 108 valence electrons. The fourth-order valence-corrected chi connectivity index (χ4v) is 2.65. The van der Waals surface area contributed by atoms with Crippen LogP contribution < -0.4 is 15.8 Å². The van der Waals surface area contributed by atoms with Crippen molar-refractivity contribution in [3.05, 3.63) is 24.3 Å². The number of nitrogens with two attached hydrogens (primary N) is 1. The van der Waals surface area contributed by atoms with Gasteiger partial charge in [-0.25, -0.2) is 13.1 Å². The maximum Gasteiger partial charge on any atom is 0.240 e. The lowest BCUT2D eigenvalue weighted by molar-refractivity contribution is 0.581. The summed E-state index contributed by atoms with van der Waals surface area (Å²) in [6.45, 7) is 5.11. The van der Waals surface area contributed by atoms with Crippen LogP contribution in [0.2, 0.25) is 0 Å². The van der Waals surface area contributed by atoms with Crippen LogP contribution in [-0.2, 0) is 10.0 Å². The van der Waals surface area contributed by atoms with Crippen LogP contribution in [0.25, 0.3) is 0 Å². The van der Waals surface area contributed by atoms with E-state index in [1.807, 2.05) is 13.8 Å². The third-order valence-corrected chi connectivity index (χ3v) is 4.11. The molecule has 1 aromatic rings. The lowest BCUT2D eigenvalue weighted by Gasteiger charge is -2.10. The first kappa shape index (κ1) is 15.9. The second-order valence-electron chi connectivity index (χ2n) is 4.61. The lowest BCUT2D eigenvalue weighted by atomic mass is 10.2. The van der Waals surface area contributed by atoms with E-state index in [0.29, 0.717) is 11.4 Å². The molecular formula is C13H23N3O2S. The van der Waals surface area contributed by atoms with Gasteiger partial charge in [-0.3, -0.25) is 0 Å². The van der Waals surface area contributed by atoms with Gasteiger partial charge in [0.05, 0.1) is 4.90 Å². The minimum atomic E-state index is -3.37. The number of anilines is 1. The maximum atomic E-state index is 11.9. The smallest absolute Gasteiger partial charge is 0.240 e. The summed E-state index contributed by atoms with van der Waals surface area (Å²) in [6.07, 6.45) is 1.65. The highest BCUT2D eigenvalue weighted by atomic mass is 32.2. The van der Waals surface area contributed by atoms with Crippen molar-refractivity contribution in [3.8, 4) is 0 Å². The minimum Gasteiger partial charge on any atom is -0.385 e. The largest absolute Gasteiger partial charge is 0.385 e. The molecule has 0 amide bonds. The van der Waals surface area contributed by atoms with E-state index >= 15 is 0 Å². The summed E-state index contributed by atoms with van der Waals surface area (Å²) in [6, 6.07) is 6.90. The molecule has 19 heavy (non-hydrogen) atoms. The Hall–Kier alpha value is -1.11. The molecule has 0 aromatic heterocycles. The van der Waals surface area contributed by atoms with Crippen molar-refractivity contribution in [3.63, 3.8) is 0 Å². The van der Waals surface area contributed by atoms with Crippen molar-refractivity contribution in [2.75, 3.05) is 18.4 Å². The van der Waals surface area contributed by atoms with Crippen LogP contribution in [0.1, 0.15) is 26.7 Å². The normalized spacial score (nSPS) is 13.2. The fraction of sp³-hybridized carbons (Fsp3) is 0.538. The van der Waals surface area contributed by atoms with Crippen LogP contribution in [0, 0.1) is 0 Å². The zero-order chi connectivity index (χ0) is 14.3. The minimum absolute atomic E-state index is 0.158. The van der Waals surface area contributed by atoms with E-state index in [2.05, 4.69) is 10.0 Å². The molecule has 1 unspecified atom stereocenters. The van der Waals surface area contributed by atoms with Gasteiger partial charge >= 0.3 is 0 Å². The summed E-state index contributed by atoms with van der Waals surface area (Å²) in [5.74, 6) is 0. The molecule has 1 aromatic carbocycles. The van der Waals surface area contributed by atoms with Gasteiger partial charge in [-0.2, -0.15) is 0 Å². The first-order chi connectivity index (χ1) is 8.95. The van der Waals surface area contributed by atoms with Gasteiger partial charge in [-0.05, 0) is 44.0 Å². The molecule has 0 heterocycles. The summed E-state index contributed by atoms with van der Waals surface area (Å²) in [7, 11) is -3.37. The molecule has 1 rings (SSSR count). The summed E-state index contributed by atoms with van der Waals surface area (Å²) < 4.78 is 26.3. The molecule has 0 bridgehead atoms. The number of rotatable bonds is 8. The molecule has 1 atom stereocenters. The van der Waals surface area contributed by atoms with Crippen LogP contribution in [0.3, 0.4) is 0 Å². The van der Waals surface area contributed by atoms with E-state index in [0.717, 1.165) is 25.1 Å². The van der Waals surface area contributed by atoms with Crippen LogP contribution in [-0.4, -0.2) is 27.5 Å². The maximum absolute atomic E-state index is 11.9. The SMILES string of the molecule is CCCNS(=O)(=O)c1ccc(NCCC(C)N)cc1. The van der Waals surface area contributed by atoms with E-state index in [9.17, 15) is 8.42 Å². The van der Waals surface area contributed by atoms with Crippen molar-refractivity contribution >= 4 is 15.7 Å². The Morgan fingerprint density at radius 2 is 1.84 bits per heavy atom. The molecule has 0 saturated heterocycles. The highest BCUT2D eigenvalue weighted by Gasteiger charge is 2.12. The molecule has 0 spiro atoms. The van der Waals surface area contributed by atoms with E-state index in [1.165, 1.54) is 0 Å². The summed E-state index contributed by atoms with van der Waals surface area (Å²) in [5, 5.41) is 3.20. The summed E-state index contributed by atoms with van der Waals surface area (Å²) >= 11 is 0. The number of hydrogen-bond acceptors (Lipinski definition) is 4. The Kier molecular flexibility index (Phi) is 6.27. The van der Waals surface area contributed by atoms with Crippen LogP contribution in [0.5, 0.6) is 0 Å². The first-order valence-corrected chi connectivity index (χ1v) is 8.03. The van der Waals surface area contributed by atoms with Crippen molar-refractivity contribution < 1.29 is 8.42 Å². The van der Waals surface area contributed by atoms with Gasteiger partial charge in [0.15, 0.2) is 0 Å². The molecule has 5 nitrogen and oxygen atoms in total. The summed E-state index contributed by atoms with van der Waals surface area (Å²) in [4.78, 5) is 0.290. The van der Waals surface area contributed by atoms with E-state index in [-0.39, 0.29) is 6.04 Å². The zero-order valence-electron chi connectivity index (χ0n) is 11.5. The second kappa shape index (κ2) is 7.47. The fourth-order valence-electron chi connectivity index (χ4n) is 1.52. The molecule has 0 radical (unpaired) electrons. The number of hydrogen-bond donors (Lipinski definition) is 3. The van der Waals surface area contributed by atoms with Gasteiger partial charge in [-0.15, -0.1) is 0 Å². The van der Waals surface area contributed by atoms with E-state index in [1.54, 1.807) is 24.3 Å². The predicted molar refractivity (Wildman–Crippen MR) is 78.7 cm³/mol. The number of sulfonamides is 1. The summed E-state index contributed by atoms with van der Waals surface area (Å²) in [5.41, 5.74) is 6.55. The Morgan fingerprint density at radius 1 is 1.21 bits per heavy atom. The van der Waals surface area contributed by atoms with Gasteiger partial charge in [0, 0.05) is 24.8 Å². The Balaban J connectivity index is 2.60. The van der Waals surface area contributed by atoms with E-state index in [4.69, 9.17) is 5.73 Å². The molecule has 0 aliphatic carbocycles. The highest BCUT2D eigenvalue weighted by Crippen LogP contribution is 2.14. The lowest BCUT2D eigenvalue weighted by Crippen LogP contribution is -2.24. The molecule has 0 fully saturated rings. The van der Waals surface area contributed by atoms with Gasteiger partial charge in [0.25, 0.3) is 0 Å². The number of benzene rings is 1. The van der Waals surface area contributed by atoms with Crippen LogP contribution in [0.15, 0.2) is 29.2 Å². The standard InChI is InChI=1S/C13H23N3O2S/c1-3-9-16-19(17,18)13-6-4-12(5-7-13)15-10-8-11(2)14/h4-7,11,15-16H,3,8-10,14H2,1-2H3. The van der Waals surface area contributed by atoms with Gasteiger partial charge < -0.3 is 11.1 Å². The average molecular weight is 285 g/mol. The van der Waals surface area contributed by atoms with Crippen molar-refractivity contribution in [1.29, 1.82) is 0 Å². The van der Waals surface area contributed by atoms with Crippen molar-refractivity contribution in [2.24, 2.45) is 5.73 Å². The Bertz CT molecular complexity index is 469. The van der Waals surface area contributed by atoms with Crippen LogP contribution >= 0.6 is 0 Å². The zero-order valence-corrected chi connectivity index (χ0v) is 12.3. The van der Waals surface area contributed by atoms with Gasteiger partial charge in [-0.1, -0.05) is 6.92 Å². The topological polar surface area (TPSA) is 84.2 Å². The molecule has 0 aliphatic rings. The molecule has 4 N–H and O–H groups in total. The third kappa shape index (κ3) is 5.59. The number of nitrogens with one attached hydrogen (secondary N) is 2. The second-order valence-corrected chi connectivity index (χ2v) is 6.38. The quantitative estimate of drug-likeness (QED) is 0.676. The molecular weight excluding hydrogens is 262 g/mol. The molecule has 0 aliphatic heterocycles.